The highest BCUT2D eigenvalue weighted by Gasteiger charge is 2.68. The van der Waals surface area contributed by atoms with Gasteiger partial charge in [0.15, 0.2) is 6.10 Å². The monoisotopic (exact) mass is 527 g/mol. The van der Waals surface area contributed by atoms with E-state index in [0.29, 0.717) is 4.57 Å². The number of aliphatic hydroxyl groups excluding tert-OH is 1. The minimum atomic E-state index is -4.05. The third-order valence-corrected chi connectivity index (χ3v) is 11.7. The molecular formula is C26H27F2N3O5Si. The van der Waals surface area contributed by atoms with Crippen LogP contribution in [0.3, 0.4) is 0 Å². The Morgan fingerprint density at radius 3 is 2.08 bits per heavy atom. The zero-order valence-corrected chi connectivity index (χ0v) is 21.5. The number of nitriles is 1. The fourth-order valence-corrected chi connectivity index (χ4v) is 9.44. The zero-order chi connectivity index (χ0) is 27.1. The van der Waals surface area contributed by atoms with Crippen LogP contribution in [-0.4, -0.2) is 47.2 Å². The number of H-pyrrole nitrogens is 1. The standard InChI is InChI=1S/C26H27F2N3O5Si/c1-24(2,3)37(18-10-6-4-7-11-18,19-12-8-5-9-13-19)35-17-25(16-29)21(33)26(27,28)22(36-25)31-15-14-20(32)30-23(31)34/h4-15,21-22,33H,17H2,1-3H3,(H,30,32,34)/t21-,22-,25-/m1/s1. The summed E-state index contributed by atoms with van der Waals surface area (Å²) in [6.45, 7) is 5.23. The number of hydrogen-bond acceptors (Lipinski definition) is 6. The van der Waals surface area contributed by atoms with Crippen molar-refractivity contribution in [1.29, 1.82) is 5.26 Å². The van der Waals surface area contributed by atoms with E-state index in [2.05, 4.69) is 0 Å². The molecule has 0 amide bonds. The molecular weight excluding hydrogens is 500 g/mol. The summed E-state index contributed by atoms with van der Waals surface area (Å²) in [5.74, 6) is -4.05. The highest BCUT2D eigenvalue weighted by Crippen LogP contribution is 2.48. The van der Waals surface area contributed by atoms with E-state index in [-0.39, 0.29) is 0 Å². The largest absolute Gasteiger partial charge is 0.403 e. The fraction of sp³-hybridized carbons (Fsp3) is 0.346. The first-order valence-electron chi connectivity index (χ1n) is 11.6. The van der Waals surface area contributed by atoms with E-state index in [1.807, 2.05) is 86.4 Å². The number of aromatic nitrogens is 2. The van der Waals surface area contributed by atoms with Gasteiger partial charge < -0.3 is 14.3 Å². The van der Waals surface area contributed by atoms with E-state index >= 15 is 8.78 Å². The third kappa shape index (κ3) is 4.36. The summed E-state index contributed by atoms with van der Waals surface area (Å²) in [5, 5.41) is 21.9. The average molecular weight is 528 g/mol. The lowest BCUT2D eigenvalue weighted by Gasteiger charge is -2.44. The lowest BCUT2D eigenvalue weighted by molar-refractivity contribution is -0.142. The van der Waals surface area contributed by atoms with Gasteiger partial charge in [0.25, 0.3) is 13.9 Å². The Kier molecular flexibility index (Phi) is 6.81. The van der Waals surface area contributed by atoms with Crippen molar-refractivity contribution in [3.8, 4) is 6.07 Å². The van der Waals surface area contributed by atoms with E-state index in [9.17, 15) is 20.0 Å². The number of aliphatic hydroxyl groups is 1. The van der Waals surface area contributed by atoms with Crippen LogP contribution >= 0.6 is 0 Å². The molecule has 0 radical (unpaired) electrons. The molecule has 3 atom stereocenters. The molecule has 0 bridgehead atoms. The van der Waals surface area contributed by atoms with Crippen LogP contribution in [0.5, 0.6) is 0 Å². The number of nitrogens with zero attached hydrogens (tertiary/aromatic N) is 2. The first-order chi connectivity index (χ1) is 17.4. The van der Waals surface area contributed by atoms with Gasteiger partial charge in [-0.3, -0.25) is 14.3 Å². The van der Waals surface area contributed by atoms with Crippen LogP contribution in [0, 0.1) is 11.3 Å². The number of alkyl halides is 2. The molecule has 0 aliphatic carbocycles. The van der Waals surface area contributed by atoms with Crippen molar-refractivity contribution in [2.45, 2.75) is 49.7 Å². The predicted octanol–water partition coefficient (Wildman–Crippen LogP) is 1.90. The van der Waals surface area contributed by atoms with Gasteiger partial charge in [-0.25, -0.2) is 4.79 Å². The zero-order valence-electron chi connectivity index (χ0n) is 20.5. The van der Waals surface area contributed by atoms with Crippen molar-refractivity contribution in [1.82, 2.24) is 9.55 Å². The fourth-order valence-electron chi connectivity index (χ4n) is 4.85. The molecule has 2 heterocycles. The van der Waals surface area contributed by atoms with Gasteiger partial charge in [-0.15, -0.1) is 0 Å². The van der Waals surface area contributed by atoms with Gasteiger partial charge in [0, 0.05) is 12.3 Å². The molecule has 1 aliphatic heterocycles. The highest BCUT2D eigenvalue weighted by molar-refractivity contribution is 6.99. The van der Waals surface area contributed by atoms with Gasteiger partial charge in [0.2, 0.25) is 11.8 Å². The SMILES string of the molecule is CC(C)(C)[Si](OC[C@@]1(C#N)O[C@@H](n2ccc(=O)[nH]c2=O)C(F)(F)[C@@H]1O)(c1ccccc1)c1ccccc1. The van der Waals surface area contributed by atoms with E-state index in [1.165, 1.54) is 0 Å². The summed E-state index contributed by atoms with van der Waals surface area (Å²) in [5.41, 5.74) is -4.45. The minimum Gasteiger partial charge on any atom is -0.403 e. The van der Waals surface area contributed by atoms with Gasteiger partial charge in [-0.05, 0) is 15.4 Å². The second-order valence-electron chi connectivity index (χ2n) is 10.0. The van der Waals surface area contributed by atoms with Gasteiger partial charge in [0.1, 0.15) is 6.07 Å². The van der Waals surface area contributed by atoms with E-state index in [1.54, 1.807) is 6.07 Å². The number of aromatic amines is 1. The van der Waals surface area contributed by atoms with E-state index in [0.717, 1.165) is 22.6 Å². The summed E-state index contributed by atoms with van der Waals surface area (Å²) in [6, 6.07) is 21.3. The van der Waals surface area contributed by atoms with Crippen molar-refractivity contribution in [2.24, 2.45) is 0 Å². The second-order valence-corrected chi connectivity index (χ2v) is 14.3. The lowest BCUT2D eigenvalue weighted by atomic mass is 9.97. The highest BCUT2D eigenvalue weighted by atomic mass is 28.4. The summed E-state index contributed by atoms with van der Waals surface area (Å²) < 4.78 is 43.2. The number of ether oxygens (including phenoxy) is 1. The van der Waals surface area contributed by atoms with Gasteiger partial charge in [-0.2, -0.15) is 14.0 Å². The molecule has 1 saturated heterocycles. The number of benzene rings is 2. The summed E-state index contributed by atoms with van der Waals surface area (Å²) in [7, 11) is -3.28. The van der Waals surface area contributed by atoms with Crippen LogP contribution < -0.4 is 21.6 Å². The second kappa shape index (κ2) is 9.46. The molecule has 11 heteroatoms. The predicted molar refractivity (Wildman–Crippen MR) is 134 cm³/mol. The normalized spacial score (nSPS) is 23.5. The maximum Gasteiger partial charge on any atom is 0.330 e. The quantitative estimate of drug-likeness (QED) is 0.473. The van der Waals surface area contributed by atoms with Crippen LogP contribution in [0.4, 0.5) is 8.78 Å². The number of rotatable bonds is 6. The molecule has 1 aliphatic rings. The van der Waals surface area contributed by atoms with E-state index in [4.69, 9.17) is 9.16 Å². The maximum atomic E-state index is 15.3. The van der Waals surface area contributed by atoms with Crippen LogP contribution in [0.25, 0.3) is 0 Å². The smallest absolute Gasteiger partial charge is 0.330 e. The molecule has 194 valence electrons. The summed E-state index contributed by atoms with van der Waals surface area (Å²) >= 11 is 0. The van der Waals surface area contributed by atoms with Gasteiger partial charge >= 0.3 is 11.6 Å². The number of halogens is 2. The Bertz CT molecular complexity index is 1380. The topological polar surface area (TPSA) is 117 Å². The Morgan fingerprint density at radius 2 is 1.62 bits per heavy atom. The molecule has 2 N–H and O–H groups in total. The van der Waals surface area contributed by atoms with Gasteiger partial charge in [0.05, 0.1) is 6.61 Å². The third-order valence-electron chi connectivity index (χ3n) is 6.67. The first kappa shape index (κ1) is 26.6. The minimum absolute atomic E-state index is 0.451. The molecule has 0 spiro atoms. The van der Waals surface area contributed by atoms with Crippen molar-refractivity contribution in [3.63, 3.8) is 0 Å². The lowest BCUT2D eigenvalue weighted by Crippen LogP contribution is -2.68. The average Bonchev–Trinajstić information content (AvgIpc) is 3.06. The number of nitrogens with one attached hydrogen (secondary N) is 1. The molecule has 4 rings (SSSR count). The summed E-state index contributed by atoms with van der Waals surface area (Å²) in [4.78, 5) is 25.6. The van der Waals surface area contributed by atoms with Crippen molar-refractivity contribution in [3.05, 3.63) is 93.8 Å². The van der Waals surface area contributed by atoms with Crippen molar-refractivity contribution in [2.75, 3.05) is 6.61 Å². The van der Waals surface area contributed by atoms with Crippen LogP contribution in [0.15, 0.2) is 82.5 Å². The van der Waals surface area contributed by atoms with Crippen LogP contribution in [0.1, 0.15) is 27.0 Å². The Hall–Kier alpha value is -3.43. The molecule has 1 fully saturated rings. The Labute approximate surface area is 212 Å². The number of hydrogen-bond donors (Lipinski definition) is 2. The molecule has 37 heavy (non-hydrogen) atoms. The van der Waals surface area contributed by atoms with Crippen molar-refractivity contribution >= 4 is 18.7 Å². The van der Waals surface area contributed by atoms with Crippen LogP contribution in [0.2, 0.25) is 5.04 Å². The molecule has 3 aromatic rings. The van der Waals surface area contributed by atoms with Crippen molar-refractivity contribution < 1.29 is 23.1 Å². The molecule has 0 saturated carbocycles. The Balaban J connectivity index is 1.81. The van der Waals surface area contributed by atoms with Gasteiger partial charge in [-0.1, -0.05) is 81.4 Å². The molecule has 8 nitrogen and oxygen atoms in total. The summed E-state index contributed by atoms with van der Waals surface area (Å²) in [6.07, 6.45) is -4.12. The van der Waals surface area contributed by atoms with Crippen LogP contribution in [-0.2, 0) is 9.16 Å². The first-order valence-corrected chi connectivity index (χ1v) is 13.5. The molecule has 1 aromatic heterocycles. The maximum absolute atomic E-state index is 15.3. The van der Waals surface area contributed by atoms with E-state index < -0.39 is 55.1 Å². The molecule has 2 aromatic carbocycles. The Morgan fingerprint density at radius 1 is 1.08 bits per heavy atom. The molecule has 0 unspecified atom stereocenters.